The number of hydrogen-bond acceptors (Lipinski definition) is 3. The number of amidine groups is 1. The summed E-state index contributed by atoms with van der Waals surface area (Å²) >= 11 is 0. The van der Waals surface area contributed by atoms with Crippen LogP contribution in [0.4, 0.5) is 0 Å². The third-order valence-electron chi connectivity index (χ3n) is 2.19. The molecule has 2 heterocycles. The summed E-state index contributed by atoms with van der Waals surface area (Å²) in [6.45, 7) is 3.67. The van der Waals surface area contributed by atoms with Gasteiger partial charge in [-0.05, 0) is 12.1 Å². The Morgan fingerprint density at radius 3 is 2.71 bits per heavy atom. The lowest BCUT2D eigenvalue weighted by atomic mass is 10.3. The van der Waals surface area contributed by atoms with E-state index in [1.165, 1.54) is 0 Å². The second-order valence-electron chi connectivity index (χ2n) is 3.06. The van der Waals surface area contributed by atoms with E-state index >= 15 is 0 Å². The SMILES string of the molecule is Cl.N=C(c1ccco1)N1CCNCC1. The van der Waals surface area contributed by atoms with Crippen molar-refractivity contribution >= 4 is 18.2 Å². The van der Waals surface area contributed by atoms with Crippen LogP contribution < -0.4 is 5.32 Å². The molecule has 1 aromatic rings. The van der Waals surface area contributed by atoms with E-state index < -0.39 is 0 Å². The minimum absolute atomic E-state index is 0. The highest BCUT2D eigenvalue weighted by Crippen LogP contribution is 2.05. The molecule has 0 amide bonds. The Bertz CT molecular complexity index is 280. The molecule has 78 valence electrons. The second-order valence-corrected chi connectivity index (χ2v) is 3.06. The number of nitrogens with zero attached hydrogens (tertiary/aromatic N) is 1. The van der Waals surface area contributed by atoms with Gasteiger partial charge in [0.05, 0.1) is 6.26 Å². The van der Waals surface area contributed by atoms with Gasteiger partial charge in [-0.25, -0.2) is 0 Å². The number of piperazine rings is 1. The van der Waals surface area contributed by atoms with Crippen molar-refractivity contribution in [1.82, 2.24) is 10.2 Å². The Morgan fingerprint density at radius 2 is 2.14 bits per heavy atom. The number of halogens is 1. The predicted molar refractivity (Wildman–Crippen MR) is 57.2 cm³/mol. The summed E-state index contributed by atoms with van der Waals surface area (Å²) in [5.41, 5.74) is 0. The molecule has 0 aromatic carbocycles. The first-order valence-electron chi connectivity index (χ1n) is 4.46. The molecule has 1 saturated heterocycles. The average molecular weight is 216 g/mol. The number of furan rings is 1. The first-order valence-corrected chi connectivity index (χ1v) is 4.46. The fraction of sp³-hybridized carbons (Fsp3) is 0.444. The zero-order valence-corrected chi connectivity index (χ0v) is 8.64. The maximum atomic E-state index is 7.85. The monoisotopic (exact) mass is 215 g/mol. The van der Waals surface area contributed by atoms with Crippen LogP contribution in [0.15, 0.2) is 22.8 Å². The summed E-state index contributed by atoms with van der Waals surface area (Å²) in [6, 6.07) is 3.64. The van der Waals surface area contributed by atoms with Gasteiger partial charge in [-0.2, -0.15) is 0 Å². The Kier molecular flexibility index (Phi) is 3.98. The van der Waals surface area contributed by atoms with Gasteiger partial charge in [-0.1, -0.05) is 0 Å². The van der Waals surface area contributed by atoms with Crippen LogP contribution in [0.5, 0.6) is 0 Å². The van der Waals surface area contributed by atoms with E-state index in [0.717, 1.165) is 26.2 Å². The Hall–Kier alpha value is -1.00. The van der Waals surface area contributed by atoms with Crippen LogP contribution in [-0.2, 0) is 0 Å². The van der Waals surface area contributed by atoms with Crippen molar-refractivity contribution in [3.8, 4) is 0 Å². The lowest BCUT2D eigenvalue weighted by molar-refractivity contribution is 0.349. The summed E-state index contributed by atoms with van der Waals surface area (Å²) in [7, 11) is 0. The molecular weight excluding hydrogens is 202 g/mol. The van der Waals surface area contributed by atoms with E-state index in [0.29, 0.717) is 11.6 Å². The molecule has 1 aromatic heterocycles. The second kappa shape index (κ2) is 5.02. The zero-order valence-electron chi connectivity index (χ0n) is 7.82. The largest absolute Gasteiger partial charge is 0.461 e. The maximum absolute atomic E-state index is 7.85. The smallest absolute Gasteiger partial charge is 0.168 e. The van der Waals surface area contributed by atoms with Gasteiger partial charge >= 0.3 is 0 Å². The minimum atomic E-state index is 0. The van der Waals surface area contributed by atoms with Crippen LogP contribution in [0.1, 0.15) is 5.76 Å². The molecule has 1 fully saturated rings. The molecule has 0 spiro atoms. The molecule has 0 bridgehead atoms. The minimum Gasteiger partial charge on any atom is -0.461 e. The summed E-state index contributed by atoms with van der Waals surface area (Å²) < 4.78 is 5.16. The zero-order chi connectivity index (χ0) is 9.10. The van der Waals surface area contributed by atoms with Crippen molar-refractivity contribution in [2.24, 2.45) is 0 Å². The Morgan fingerprint density at radius 1 is 1.43 bits per heavy atom. The highest BCUT2D eigenvalue weighted by molar-refractivity contribution is 5.93. The Labute approximate surface area is 89.2 Å². The third-order valence-corrected chi connectivity index (χ3v) is 2.19. The van der Waals surface area contributed by atoms with Crippen LogP contribution in [0.25, 0.3) is 0 Å². The third kappa shape index (κ3) is 2.27. The van der Waals surface area contributed by atoms with E-state index in [1.807, 2.05) is 17.0 Å². The fourth-order valence-corrected chi connectivity index (χ4v) is 1.46. The molecule has 0 atom stereocenters. The van der Waals surface area contributed by atoms with E-state index in [9.17, 15) is 0 Å². The van der Waals surface area contributed by atoms with Crippen LogP contribution in [0.2, 0.25) is 0 Å². The van der Waals surface area contributed by atoms with Gasteiger partial charge in [0.15, 0.2) is 11.6 Å². The lowest BCUT2D eigenvalue weighted by Gasteiger charge is -2.28. The molecule has 2 N–H and O–H groups in total. The van der Waals surface area contributed by atoms with Crippen LogP contribution in [0.3, 0.4) is 0 Å². The molecule has 2 rings (SSSR count). The van der Waals surface area contributed by atoms with Crippen LogP contribution >= 0.6 is 12.4 Å². The fourth-order valence-electron chi connectivity index (χ4n) is 1.46. The van der Waals surface area contributed by atoms with Crippen molar-refractivity contribution in [3.63, 3.8) is 0 Å². The summed E-state index contributed by atoms with van der Waals surface area (Å²) in [5, 5.41) is 11.1. The standard InChI is InChI=1S/C9H13N3O.ClH/c10-9(8-2-1-7-13-8)12-5-3-11-4-6-12;/h1-2,7,10-11H,3-6H2;1H. The summed E-state index contributed by atoms with van der Waals surface area (Å²) in [4.78, 5) is 2.02. The number of nitrogens with one attached hydrogen (secondary N) is 2. The average Bonchev–Trinajstić information content (AvgIpc) is 2.71. The Balaban J connectivity index is 0.000000980. The summed E-state index contributed by atoms with van der Waals surface area (Å²) in [5.74, 6) is 1.15. The molecule has 0 unspecified atom stereocenters. The summed E-state index contributed by atoms with van der Waals surface area (Å²) in [6.07, 6.45) is 1.60. The molecule has 0 saturated carbocycles. The van der Waals surface area contributed by atoms with Crippen LogP contribution in [0, 0.1) is 5.41 Å². The first kappa shape index (κ1) is 11.1. The molecule has 14 heavy (non-hydrogen) atoms. The molecule has 5 heteroatoms. The highest BCUT2D eigenvalue weighted by atomic mass is 35.5. The van der Waals surface area contributed by atoms with Crippen LogP contribution in [-0.4, -0.2) is 36.9 Å². The molecule has 1 aliphatic heterocycles. The van der Waals surface area contributed by atoms with Crippen molar-refractivity contribution in [2.45, 2.75) is 0 Å². The molecular formula is C9H14ClN3O. The lowest BCUT2D eigenvalue weighted by Crippen LogP contribution is -2.46. The van der Waals surface area contributed by atoms with Gasteiger partial charge in [-0.15, -0.1) is 12.4 Å². The van der Waals surface area contributed by atoms with Gasteiger partial charge in [0.25, 0.3) is 0 Å². The van der Waals surface area contributed by atoms with Gasteiger partial charge < -0.3 is 14.6 Å². The molecule has 1 aliphatic rings. The van der Waals surface area contributed by atoms with E-state index in [2.05, 4.69) is 5.32 Å². The van der Waals surface area contributed by atoms with Gasteiger partial charge in [0.2, 0.25) is 0 Å². The molecule has 4 nitrogen and oxygen atoms in total. The topological polar surface area (TPSA) is 52.3 Å². The highest BCUT2D eigenvalue weighted by Gasteiger charge is 2.15. The van der Waals surface area contributed by atoms with E-state index in [4.69, 9.17) is 9.83 Å². The van der Waals surface area contributed by atoms with E-state index in [-0.39, 0.29) is 12.4 Å². The first-order chi connectivity index (χ1) is 6.38. The van der Waals surface area contributed by atoms with Gasteiger partial charge in [-0.3, -0.25) is 5.41 Å². The normalized spacial score (nSPS) is 16.1. The van der Waals surface area contributed by atoms with Gasteiger partial charge in [0, 0.05) is 26.2 Å². The molecule has 0 aliphatic carbocycles. The number of hydrogen-bond donors (Lipinski definition) is 2. The van der Waals surface area contributed by atoms with Gasteiger partial charge in [0.1, 0.15) is 0 Å². The molecule has 0 radical (unpaired) electrons. The quantitative estimate of drug-likeness (QED) is 0.542. The number of rotatable bonds is 1. The van der Waals surface area contributed by atoms with E-state index in [1.54, 1.807) is 6.26 Å². The predicted octanol–water partition coefficient (Wildman–Crippen LogP) is 0.932. The maximum Gasteiger partial charge on any atom is 0.168 e. The van der Waals surface area contributed by atoms with Crippen molar-refractivity contribution < 1.29 is 4.42 Å². The van der Waals surface area contributed by atoms with Crippen molar-refractivity contribution in [3.05, 3.63) is 24.2 Å². The van der Waals surface area contributed by atoms with Crippen molar-refractivity contribution in [1.29, 1.82) is 5.41 Å². The van der Waals surface area contributed by atoms with Crippen molar-refractivity contribution in [2.75, 3.05) is 26.2 Å².